The highest BCUT2D eigenvalue weighted by atomic mass is 32.2. The van der Waals surface area contributed by atoms with E-state index in [1.807, 2.05) is 41.1 Å². The molecule has 0 radical (unpaired) electrons. The van der Waals surface area contributed by atoms with Crippen LogP contribution in [0.1, 0.15) is 18.9 Å². The van der Waals surface area contributed by atoms with Crippen molar-refractivity contribution < 1.29 is 4.79 Å². The minimum absolute atomic E-state index is 0.0292. The molecule has 1 aromatic carbocycles. The summed E-state index contributed by atoms with van der Waals surface area (Å²) in [7, 11) is 0. The number of imidazole rings is 1. The average Bonchev–Trinajstić information content (AvgIpc) is 3.22. The van der Waals surface area contributed by atoms with Crippen LogP contribution in [0.4, 0.5) is 0 Å². The number of rotatable bonds is 5. The second-order valence-corrected chi connectivity index (χ2v) is 5.91. The molecule has 114 valence electrons. The van der Waals surface area contributed by atoms with E-state index in [-0.39, 0.29) is 5.91 Å². The summed E-state index contributed by atoms with van der Waals surface area (Å²) >= 11 is 1.46. The van der Waals surface area contributed by atoms with Crippen LogP contribution in [0.3, 0.4) is 0 Å². The number of thioether (sulfide) groups is 1. The summed E-state index contributed by atoms with van der Waals surface area (Å²) in [6.45, 7) is 3.58. The van der Waals surface area contributed by atoms with E-state index < -0.39 is 0 Å². The van der Waals surface area contributed by atoms with Crippen LogP contribution in [0.25, 0.3) is 0 Å². The van der Waals surface area contributed by atoms with E-state index in [0.29, 0.717) is 12.3 Å². The van der Waals surface area contributed by atoms with Crippen molar-refractivity contribution in [3.63, 3.8) is 0 Å². The molecule has 1 aliphatic rings. The Hall–Kier alpha value is -2.08. The molecule has 0 spiro atoms. The molecule has 2 aromatic rings. The third-order valence-corrected chi connectivity index (χ3v) is 4.53. The van der Waals surface area contributed by atoms with E-state index in [1.54, 1.807) is 11.2 Å². The van der Waals surface area contributed by atoms with Crippen molar-refractivity contribution in [1.82, 2.24) is 14.6 Å². The largest absolute Gasteiger partial charge is 0.326 e. The fourth-order valence-corrected chi connectivity index (χ4v) is 3.24. The molecule has 0 atom stereocenters. The fourth-order valence-electron chi connectivity index (χ4n) is 2.35. The van der Waals surface area contributed by atoms with Crippen molar-refractivity contribution >= 4 is 23.4 Å². The quantitative estimate of drug-likeness (QED) is 0.797. The zero-order valence-electron chi connectivity index (χ0n) is 12.5. The number of carbonyl (C=O) groups is 1. The first-order chi connectivity index (χ1) is 10.8. The maximum absolute atomic E-state index is 12.3. The monoisotopic (exact) mass is 314 g/mol. The van der Waals surface area contributed by atoms with Crippen LogP contribution in [0.5, 0.6) is 0 Å². The third kappa shape index (κ3) is 3.22. The van der Waals surface area contributed by atoms with Crippen molar-refractivity contribution in [1.29, 1.82) is 0 Å². The number of aromatic nitrogens is 2. The van der Waals surface area contributed by atoms with Crippen LogP contribution in [-0.2, 0) is 11.3 Å². The zero-order valence-corrected chi connectivity index (χ0v) is 13.3. The highest BCUT2D eigenvalue weighted by Crippen LogP contribution is 2.19. The maximum atomic E-state index is 12.3. The van der Waals surface area contributed by atoms with Crippen molar-refractivity contribution in [2.75, 3.05) is 12.3 Å². The number of hydrazone groups is 1. The predicted molar refractivity (Wildman–Crippen MR) is 87.9 cm³/mol. The van der Waals surface area contributed by atoms with Gasteiger partial charge < -0.3 is 4.57 Å². The molecule has 6 heteroatoms. The Kier molecular flexibility index (Phi) is 4.58. The lowest BCUT2D eigenvalue weighted by Crippen LogP contribution is -2.25. The van der Waals surface area contributed by atoms with Gasteiger partial charge in [0.25, 0.3) is 5.91 Å². The van der Waals surface area contributed by atoms with E-state index in [0.717, 1.165) is 29.4 Å². The lowest BCUT2D eigenvalue weighted by Gasteiger charge is -2.11. The summed E-state index contributed by atoms with van der Waals surface area (Å²) in [5.74, 6) is 0.393. The average molecular weight is 314 g/mol. The van der Waals surface area contributed by atoms with Gasteiger partial charge in [0.1, 0.15) is 0 Å². The second kappa shape index (κ2) is 6.79. The normalized spacial score (nSPS) is 14.2. The van der Waals surface area contributed by atoms with Gasteiger partial charge in [-0.15, -0.1) is 0 Å². The van der Waals surface area contributed by atoms with Crippen LogP contribution < -0.4 is 0 Å². The van der Waals surface area contributed by atoms with Crippen molar-refractivity contribution in [3.05, 3.63) is 48.3 Å². The number of aryl methyl sites for hydroxylation is 1. The summed E-state index contributed by atoms with van der Waals surface area (Å²) in [5.41, 5.74) is 2.07. The summed E-state index contributed by atoms with van der Waals surface area (Å²) in [6.07, 6.45) is 4.50. The van der Waals surface area contributed by atoms with Gasteiger partial charge in [-0.05, 0) is 12.5 Å². The molecule has 0 saturated heterocycles. The Balaban J connectivity index is 1.61. The lowest BCUT2D eigenvalue weighted by molar-refractivity contribution is -0.127. The molecule has 0 fully saturated rings. The first-order valence-electron chi connectivity index (χ1n) is 7.35. The Labute approximate surface area is 134 Å². The molecule has 0 unspecified atom stereocenters. The Morgan fingerprint density at radius 2 is 2.14 bits per heavy atom. The SMILES string of the molecule is CCn1ccnc1SCC(=O)N1CCC(c2ccccc2)=N1. The molecule has 0 aliphatic carbocycles. The smallest absolute Gasteiger partial charge is 0.253 e. The Morgan fingerprint density at radius 3 is 2.91 bits per heavy atom. The maximum Gasteiger partial charge on any atom is 0.253 e. The van der Waals surface area contributed by atoms with Gasteiger partial charge in [0.2, 0.25) is 0 Å². The predicted octanol–water partition coefficient (Wildman–Crippen LogP) is 2.63. The Morgan fingerprint density at radius 1 is 1.32 bits per heavy atom. The van der Waals surface area contributed by atoms with Crippen LogP contribution in [0.2, 0.25) is 0 Å². The molecule has 1 aliphatic heterocycles. The second-order valence-electron chi connectivity index (χ2n) is 4.96. The van der Waals surface area contributed by atoms with Gasteiger partial charge in [-0.1, -0.05) is 42.1 Å². The van der Waals surface area contributed by atoms with Gasteiger partial charge in [-0.25, -0.2) is 9.99 Å². The fraction of sp³-hybridized carbons (Fsp3) is 0.312. The number of hydrogen-bond acceptors (Lipinski definition) is 4. The van der Waals surface area contributed by atoms with Crippen LogP contribution >= 0.6 is 11.8 Å². The van der Waals surface area contributed by atoms with E-state index in [2.05, 4.69) is 17.0 Å². The lowest BCUT2D eigenvalue weighted by atomic mass is 10.1. The summed E-state index contributed by atoms with van der Waals surface area (Å²) in [6, 6.07) is 10.0. The number of hydrogen-bond donors (Lipinski definition) is 0. The summed E-state index contributed by atoms with van der Waals surface area (Å²) in [4.78, 5) is 16.5. The first kappa shape index (κ1) is 14.8. The van der Waals surface area contributed by atoms with E-state index in [1.165, 1.54) is 11.8 Å². The third-order valence-electron chi connectivity index (χ3n) is 3.54. The molecule has 0 N–H and O–H groups in total. The molecule has 0 saturated carbocycles. The molecule has 3 rings (SSSR count). The van der Waals surface area contributed by atoms with Crippen molar-refractivity contribution in [3.8, 4) is 0 Å². The minimum Gasteiger partial charge on any atom is -0.326 e. The molecular formula is C16H18N4OS. The van der Waals surface area contributed by atoms with E-state index >= 15 is 0 Å². The standard InChI is InChI=1S/C16H18N4OS/c1-2-19-11-9-17-16(19)22-12-15(21)20-10-8-14(18-20)13-6-4-3-5-7-13/h3-7,9,11H,2,8,10,12H2,1H3. The Bertz CT molecular complexity index is 680. The number of carbonyl (C=O) groups excluding carboxylic acids is 1. The minimum atomic E-state index is 0.0292. The molecule has 1 amide bonds. The summed E-state index contributed by atoms with van der Waals surface area (Å²) in [5, 5.41) is 6.92. The molecule has 2 heterocycles. The van der Waals surface area contributed by atoms with E-state index in [9.17, 15) is 4.79 Å². The summed E-state index contributed by atoms with van der Waals surface area (Å²) < 4.78 is 2.03. The highest BCUT2D eigenvalue weighted by molar-refractivity contribution is 7.99. The zero-order chi connectivity index (χ0) is 15.4. The topological polar surface area (TPSA) is 50.5 Å². The number of benzene rings is 1. The number of nitrogens with zero attached hydrogens (tertiary/aromatic N) is 4. The molecular weight excluding hydrogens is 296 g/mol. The molecule has 1 aromatic heterocycles. The van der Waals surface area contributed by atoms with Gasteiger partial charge in [0.05, 0.1) is 18.0 Å². The van der Waals surface area contributed by atoms with Crippen LogP contribution in [-0.4, -0.2) is 38.5 Å². The van der Waals surface area contributed by atoms with E-state index in [4.69, 9.17) is 0 Å². The van der Waals surface area contributed by atoms with Crippen LogP contribution in [0, 0.1) is 0 Å². The molecule has 22 heavy (non-hydrogen) atoms. The number of amides is 1. The van der Waals surface area contributed by atoms with Crippen LogP contribution in [0.15, 0.2) is 53.0 Å². The van der Waals surface area contributed by atoms with Crippen molar-refractivity contribution in [2.45, 2.75) is 25.0 Å². The molecule has 5 nitrogen and oxygen atoms in total. The highest BCUT2D eigenvalue weighted by Gasteiger charge is 2.21. The van der Waals surface area contributed by atoms with Gasteiger partial charge >= 0.3 is 0 Å². The first-order valence-corrected chi connectivity index (χ1v) is 8.33. The molecule has 0 bridgehead atoms. The van der Waals surface area contributed by atoms with Gasteiger partial charge in [0, 0.05) is 25.4 Å². The van der Waals surface area contributed by atoms with Crippen molar-refractivity contribution in [2.24, 2.45) is 5.10 Å². The van der Waals surface area contributed by atoms with Gasteiger partial charge in [-0.3, -0.25) is 4.79 Å². The van der Waals surface area contributed by atoms with Gasteiger partial charge in [-0.2, -0.15) is 5.10 Å². The van der Waals surface area contributed by atoms with Gasteiger partial charge in [0.15, 0.2) is 5.16 Å².